The average molecular weight is 323 g/mol. The van der Waals surface area contributed by atoms with Crippen molar-refractivity contribution in [2.75, 3.05) is 0 Å². The van der Waals surface area contributed by atoms with Crippen molar-refractivity contribution in [3.05, 3.63) is 65.2 Å². The fraction of sp³-hybridized carbons (Fsp3) is 0.0625. The first-order valence-electron chi connectivity index (χ1n) is 6.52. The lowest BCUT2D eigenvalue weighted by Gasteiger charge is -2.05. The Bertz CT molecular complexity index is 767. The summed E-state index contributed by atoms with van der Waals surface area (Å²) in [5.74, 6) is -4.18. The Morgan fingerprint density at radius 1 is 0.826 bits per heavy atom. The van der Waals surface area contributed by atoms with Crippen LogP contribution >= 0.6 is 0 Å². The lowest BCUT2D eigenvalue weighted by molar-refractivity contribution is 0.281. The predicted octanol–water partition coefficient (Wildman–Crippen LogP) is 4.06. The SMILES string of the molecule is OCc1c(-c2c(F)cccc2F)noc1-c1c(F)cccc1F. The van der Waals surface area contributed by atoms with Crippen LogP contribution in [0.2, 0.25) is 0 Å². The molecule has 0 aliphatic carbocycles. The highest BCUT2D eigenvalue weighted by molar-refractivity contribution is 5.73. The molecule has 23 heavy (non-hydrogen) atoms. The number of hydrogen-bond donors (Lipinski definition) is 1. The molecule has 7 heteroatoms. The summed E-state index contributed by atoms with van der Waals surface area (Å²) < 4.78 is 60.3. The van der Waals surface area contributed by atoms with E-state index in [2.05, 4.69) is 5.16 Å². The largest absolute Gasteiger partial charge is 0.391 e. The Morgan fingerprint density at radius 3 is 1.78 bits per heavy atom. The molecule has 0 saturated heterocycles. The average Bonchev–Trinajstić information content (AvgIpc) is 2.90. The van der Waals surface area contributed by atoms with Gasteiger partial charge in [0, 0.05) is 0 Å². The van der Waals surface area contributed by atoms with Crippen LogP contribution in [0.25, 0.3) is 22.6 Å². The van der Waals surface area contributed by atoms with Gasteiger partial charge < -0.3 is 9.63 Å². The van der Waals surface area contributed by atoms with Crippen molar-refractivity contribution in [1.82, 2.24) is 5.16 Å². The summed E-state index contributed by atoms with van der Waals surface area (Å²) in [5, 5.41) is 13.0. The maximum Gasteiger partial charge on any atom is 0.178 e. The molecule has 0 aliphatic heterocycles. The van der Waals surface area contributed by atoms with Gasteiger partial charge in [0.1, 0.15) is 29.0 Å². The third-order valence-corrected chi connectivity index (χ3v) is 3.34. The summed E-state index contributed by atoms with van der Waals surface area (Å²) in [5.41, 5.74) is -1.66. The summed E-state index contributed by atoms with van der Waals surface area (Å²) in [6, 6.07) is 6.29. The highest BCUT2D eigenvalue weighted by atomic mass is 19.1. The number of benzene rings is 2. The van der Waals surface area contributed by atoms with E-state index in [-0.39, 0.29) is 11.3 Å². The van der Waals surface area contributed by atoms with Crippen LogP contribution < -0.4 is 0 Å². The molecule has 1 heterocycles. The summed E-state index contributed by atoms with van der Waals surface area (Å²) in [6.07, 6.45) is 0. The number of nitrogens with zero attached hydrogens (tertiary/aromatic N) is 1. The zero-order chi connectivity index (χ0) is 16.6. The van der Waals surface area contributed by atoms with Crippen molar-refractivity contribution in [3.63, 3.8) is 0 Å². The topological polar surface area (TPSA) is 46.3 Å². The van der Waals surface area contributed by atoms with Gasteiger partial charge in [0.15, 0.2) is 5.76 Å². The minimum Gasteiger partial charge on any atom is -0.391 e. The molecule has 0 amide bonds. The smallest absolute Gasteiger partial charge is 0.178 e. The zero-order valence-electron chi connectivity index (χ0n) is 11.5. The van der Waals surface area contributed by atoms with Gasteiger partial charge in [0.2, 0.25) is 0 Å². The van der Waals surface area contributed by atoms with Crippen LogP contribution in [-0.2, 0) is 6.61 Å². The molecule has 0 saturated carbocycles. The van der Waals surface area contributed by atoms with E-state index in [4.69, 9.17) is 4.52 Å². The third-order valence-electron chi connectivity index (χ3n) is 3.34. The van der Waals surface area contributed by atoms with E-state index in [1.54, 1.807) is 0 Å². The molecule has 0 fully saturated rings. The van der Waals surface area contributed by atoms with Crippen molar-refractivity contribution < 1.29 is 27.2 Å². The van der Waals surface area contributed by atoms with Gasteiger partial charge in [0.25, 0.3) is 0 Å². The fourth-order valence-corrected chi connectivity index (χ4v) is 2.29. The summed E-state index contributed by atoms with van der Waals surface area (Å²) >= 11 is 0. The van der Waals surface area contributed by atoms with Gasteiger partial charge >= 0.3 is 0 Å². The van der Waals surface area contributed by atoms with Crippen LogP contribution in [0.5, 0.6) is 0 Å². The second kappa shape index (κ2) is 5.85. The molecule has 0 aliphatic rings. The van der Waals surface area contributed by atoms with Crippen LogP contribution in [0.15, 0.2) is 40.9 Å². The molecule has 1 N–H and O–H groups in total. The minimum absolute atomic E-state index is 0.210. The van der Waals surface area contributed by atoms with Gasteiger partial charge in [-0.2, -0.15) is 0 Å². The molecule has 0 spiro atoms. The first-order chi connectivity index (χ1) is 11.0. The predicted molar refractivity (Wildman–Crippen MR) is 73.1 cm³/mol. The number of halogens is 4. The van der Waals surface area contributed by atoms with E-state index in [1.807, 2.05) is 0 Å². The van der Waals surface area contributed by atoms with Crippen molar-refractivity contribution in [3.8, 4) is 22.6 Å². The number of aliphatic hydroxyl groups is 1. The first-order valence-corrected chi connectivity index (χ1v) is 6.52. The number of aromatic nitrogens is 1. The quantitative estimate of drug-likeness (QED) is 0.740. The summed E-state index contributed by atoms with van der Waals surface area (Å²) in [6.45, 7) is -0.768. The van der Waals surface area contributed by atoms with E-state index in [0.29, 0.717) is 0 Å². The van der Waals surface area contributed by atoms with Crippen LogP contribution in [-0.4, -0.2) is 10.3 Å². The van der Waals surface area contributed by atoms with Gasteiger partial charge in [-0.25, -0.2) is 17.6 Å². The Hall–Kier alpha value is -2.67. The maximum absolute atomic E-state index is 13.9. The lowest BCUT2D eigenvalue weighted by Crippen LogP contribution is -1.96. The van der Waals surface area contributed by atoms with Crippen molar-refractivity contribution in [1.29, 1.82) is 0 Å². The number of rotatable bonds is 3. The number of aliphatic hydroxyl groups excluding tert-OH is 1. The molecular formula is C16H9F4NO2. The zero-order valence-corrected chi connectivity index (χ0v) is 11.5. The van der Waals surface area contributed by atoms with Gasteiger partial charge in [0.05, 0.1) is 23.3 Å². The normalized spacial score (nSPS) is 11.0. The van der Waals surface area contributed by atoms with Crippen molar-refractivity contribution in [2.24, 2.45) is 0 Å². The van der Waals surface area contributed by atoms with Crippen molar-refractivity contribution >= 4 is 0 Å². The van der Waals surface area contributed by atoms with E-state index < -0.39 is 46.8 Å². The highest BCUT2D eigenvalue weighted by Crippen LogP contribution is 2.36. The molecule has 0 bridgehead atoms. The fourth-order valence-electron chi connectivity index (χ4n) is 2.29. The van der Waals surface area contributed by atoms with Crippen LogP contribution in [0.1, 0.15) is 5.56 Å². The van der Waals surface area contributed by atoms with E-state index in [9.17, 15) is 22.7 Å². The second-order valence-electron chi connectivity index (χ2n) is 4.69. The molecule has 0 unspecified atom stereocenters. The molecule has 2 aromatic carbocycles. The van der Waals surface area contributed by atoms with Gasteiger partial charge in [-0.15, -0.1) is 0 Å². The Labute approximate surface area is 127 Å². The van der Waals surface area contributed by atoms with Crippen LogP contribution in [0.3, 0.4) is 0 Å². The first kappa shape index (κ1) is 15.2. The molecule has 118 valence electrons. The Balaban J connectivity index is 2.27. The summed E-state index contributed by atoms with van der Waals surface area (Å²) in [4.78, 5) is 0. The molecule has 1 aromatic heterocycles. The summed E-state index contributed by atoms with van der Waals surface area (Å²) in [7, 11) is 0. The molecular weight excluding hydrogens is 314 g/mol. The Morgan fingerprint density at radius 2 is 1.30 bits per heavy atom. The molecule has 0 atom stereocenters. The second-order valence-corrected chi connectivity index (χ2v) is 4.69. The van der Waals surface area contributed by atoms with Crippen LogP contribution in [0, 0.1) is 23.3 Å². The van der Waals surface area contributed by atoms with Gasteiger partial charge in [-0.05, 0) is 24.3 Å². The monoisotopic (exact) mass is 323 g/mol. The lowest BCUT2D eigenvalue weighted by atomic mass is 10.0. The molecule has 3 aromatic rings. The van der Waals surface area contributed by atoms with Crippen LogP contribution in [0.4, 0.5) is 17.6 Å². The molecule has 0 radical (unpaired) electrons. The molecule has 3 nitrogen and oxygen atoms in total. The van der Waals surface area contributed by atoms with Crippen molar-refractivity contribution in [2.45, 2.75) is 6.61 Å². The van der Waals surface area contributed by atoms with E-state index in [0.717, 1.165) is 36.4 Å². The standard InChI is InChI=1S/C16H9F4NO2/c17-9-3-1-4-10(18)13(9)15-8(7-22)16(23-21-15)14-11(19)5-2-6-12(14)20/h1-6,22H,7H2. The van der Waals surface area contributed by atoms with Gasteiger partial charge in [-0.3, -0.25) is 0 Å². The molecule has 3 rings (SSSR count). The van der Waals surface area contributed by atoms with Gasteiger partial charge in [-0.1, -0.05) is 17.3 Å². The van der Waals surface area contributed by atoms with E-state index in [1.165, 1.54) is 0 Å². The maximum atomic E-state index is 13.9. The van der Waals surface area contributed by atoms with E-state index >= 15 is 0 Å². The minimum atomic E-state index is -0.948. The third kappa shape index (κ3) is 2.49. The number of hydrogen-bond acceptors (Lipinski definition) is 3. The Kier molecular flexibility index (Phi) is 3.87. The highest BCUT2D eigenvalue weighted by Gasteiger charge is 2.26.